The standard InChI is InChI=1S/C19H27N3O/c1-12(2)11-20-19(23)17-15(6)21-22(18(17)13(3)4)16-9-7-8-14(5)10-16/h7-10,12-13H,11H2,1-6H3,(H,20,23). The molecule has 0 aliphatic heterocycles. The van der Waals surface area contributed by atoms with E-state index in [1.807, 2.05) is 23.7 Å². The molecule has 4 nitrogen and oxygen atoms in total. The lowest BCUT2D eigenvalue weighted by Gasteiger charge is -2.14. The van der Waals surface area contributed by atoms with Crippen molar-refractivity contribution in [1.82, 2.24) is 15.1 Å². The molecular formula is C19H27N3O. The number of aryl methyl sites for hydroxylation is 2. The van der Waals surface area contributed by atoms with E-state index in [2.05, 4.69) is 57.2 Å². The van der Waals surface area contributed by atoms with Crippen molar-refractivity contribution in [3.63, 3.8) is 0 Å². The van der Waals surface area contributed by atoms with E-state index < -0.39 is 0 Å². The van der Waals surface area contributed by atoms with Crippen molar-refractivity contribution in [3.05, 3.63) is 46.8 Å². The molecule has 2 aromatic rings. The Balaban J connectivity index is 2.50. The van der Waals surface area contributed by atoms with Crippen LogP contribution in [0, 0.1) is 19.8 Å². The van der Waals surface area contributed by atoms with Gasteiger partial charge in [-0.15, -0.1) is 0 Å². The van der Waals surface area contributed by atoms with E-state index in [1.54, 1.807) is 0 Å². The molecule has 23 heavy (non-hydrogen) atoms. The van der Waals surface area contributed by atoms with Crippen molar-refractivity contribution in [2.75, 3.05) is 6.54 Å². The van der Waals surface area contributed by atoms with Crippen LogP contribution < -0.4 is 5.32 Å². The molecule has 0 fully saturated rings. The maximum Gasteiger partial charge on any atom is 0.255 e. The van der Waals surface area contributed by atoms with Crippen molar-refractivity contribution < 1.29 is 4.79 Å². The number of hydrogen-bond acceptors (Lipinski definition) is 2. The topological polar surface area (TPSA) is 46.9 Å². The molecule has 124 valence electrons. The van der Waals surface area contributed by atoms with Crippen LogP contribution in [-0.4, -0.2) is 22.2 Å². The highest BCUT2D eigenvalue weighted by Crippen LogP contribution is 2.26. The van der Waals surface area contributed by atoms with Crippen LogP contribution in [0.3, 0.4) is 0 Å². The second kappa shape index (κ2) is 6.99. The van der Waals surface area contributed by atoms with Gasteiger partial charge in [-0.25, -0.2) is 4.68 Å². The van der Waals surface area contributed by atoms with Crippen LogP contribution in [0.5, 0.6) is 0 Å². The third kappa shape index (κ3) is 3.81. The predicted molar refractivity (Wildman–Crippen MR) is 94.3 cm³/mol. The maximum atomic E-state index is 12.6. The lowest BCUT2D eigenvalue weighted by Crippen LogP contribution is -2.28. The number of nitrogens with zero attached hydrogens (tertiary/aromatic N) is 2. The Labute approximate surface area is 138 Å². The van der Waals surface area contributed by atoms with Gasteiger partial charge >= 0.3 is 0 Å². The smallest absolute Gasteiger partial charge is 0.255 e. The molecule has 0 radical (unpaired) electrons. The number of aromatic nitrogens is 2. The first kappa shape index (κ1) is 17.3. The number of amides is 1. The van der Waals surface area contributed by atoms with E-state index in [1.165, 1.54) is 5.56 Å². The number of benzene rings is 1. The fraction of sp³-hybridized carbons (Fsp3) is 0.474. The van der Waals surface area contributed by atoms with Crippen LogP contribution >= 0.6 is 0 Å². The number of hydrogen-bond donors (Lipinski definition) is 1. The predicted octanol–water partition coefficient (Wildman–Crippen LogP) is 4.00. The van der Waals surface area contributed by atoms with Gasteiger partial charge in [0.05, 0.1) is 22.6 Å². The Morgan fingerprint density at radius 2 is 1.91 bits per heavy atom. The second-order valence-electron chi connectivity index (χ2n) is 6.86. The summed E-state index contributed by atoms with van der Waals surface area (Å²) in [7, 11) is 0. The molecule has 0 aliphatic rings. The van der Waals surface area contributed by atoms with Crippen LogP contribution in [0.4, 0.5) is 0 Å². The SMILES string of the molecule is Cc1cccc(-n2nc(C)c(C(=O)NCC(C)C)c2C(C)C)c1. The molecule has 0 atom stereocenters. The summed E-state index contributed by atoms with van der Waals surface area (Å²) in [4.78, 5) is 12.6. The van der Waals surface area contributed by atoms with Gasteiger partial charge in [-0.1, -0.05) is 39.8 Å². The minimum atomic E-state index is -0.0289. The van der Waals surface area contributed by atoms with Crippen molar-refractivity contribution in [2.45, 2.75) is 47.5 Å². The Morgan fingerprint density at radius 3 is 2.48 bits per heavy atom. The molecular weight excluding hydrogens is 286 g/mol. The van der Waals surface area contributed by atoms with E-state index >= 15 is 0 Å². The summed E-state index contributed by atoms with van der Waals surface area (Å²) in [5.74, 6) is 0.601. The van der Waals surface area contributed by atoms with Gasteiger partial charge in [-0.3, -0.25) is 4.79 Å². The molecule has 0 bridgehead atoms. The van der Waals surface area contributed by atoms with E-state index in [-0.39, 0.29) is 11.8 Å². The quantitative estimate of drug-likeness (QED) is 0.907. The summed E-state index contributed by atoms with van der Waals surface area (Å²) < 4.78 is 1.91. The normalized spacial score (nSPS) is 11.3. The van der Waals surface area contributed by atoms with Gasteiger partial charge in [-0.2, -0.15) is 5.10 Å². The van der Waals surface area contributed by atoms with Gasteiger partial charge in [0.25, 0.3) is 5.91 Å². The molecule has 0 spiro atoms. The van der Waals surface area contributed by atoms with E-state index in [0.29, 0.717) is 18.0 Å². The molecule has 0 saturated heterocycles. The third-order valence-corrected chi connectivity index (χ3v) is 3.79. The third-order valence-electron chi connectivity index (χ3n) is 3.79. The zero-order valence-corrected chi connectivity index (χ0v) is 15.0. The minimum absolute atomic E-state index is 0.0289. The first-order valence-electron chi connectivity index (χ1n) is 8.26. The van der Waals surface area contributed by atoms with Gasteiger partial charge < -0.3 is 5.32 Å². The number of carbonyl (C=O) groups is 1. The molecule has 1 N–H and O–H groups in total. The van der Waals surface area contributed by atoms with Crippen LogP contribution in [0.15, 0.2) is 24.3 Å². The van der Waals surface area contributed by atoms with Crippen LogP contribution in [0.25, 0.3) is 5.69 Å². The summed E-state index contributed by atoms with van der Waals surface area (Å²) in [5.41, 5.74) is 4.63. The van der Waals surface area contributed by atoms with Crippen LogP contribution in [0.1, 0.15) is 60.9 Å². The Morgan fingerprint density at radius 1 is 1.22 bits per heavy atom. The summed E-state index contributed by atoms with van der Waals surface area (Å²) in [6.45, 7) is 13.0. The Kier molecular flexibility index (Phi) is 5.24. The van der Waals surface area contributed by atoms with Crippen molar-refractivity contribution in [2.24, 2.45) is 5.92 Å². The molecule has 2 rings (SSSR count). The van der Waals surface area contributed by atoms with Gasteiger partial charge in [-0.05, 0) is 43.4 Å². The van der Waals surface area contributed by atoms with E-state index in [0.717, 1.165) is 17.1 Å². The van der Waals surface area contributed by atoms with E-state index in [9.17, 15) is 4.79 Å². The average Bonchev–Trinajstić information content (AvgIpc) is 2.82. The number of carbonyl (C=O) groups excluding carboxylic acids is 1. The fourth-order valence-electron chi connectivity index (χ4n) is 2.70. The zero-order valence-electron chi connectivity index (χ0n) is 15.0. The lowest BCUT2D eigenvalue weighted by molar-refractivity contribution is 0.0947. The fourth-order valence-corrected chi connectivity index (χ4v) is 2.70. The largest absolute Gasteiger partial charge is 0.352 e. The van der Waals surface area contributed by atoms with Crippen LogP contribution in [0.2, 0.25) is 0 Å². The molecule has 1 aromatic heterocycles. The highest BCUT2D eigenvalue weighted by atomic mass is 16.1. The maximum absolute atomic E-state index is 12.6. The van der Waals surface area contributed by atoms with Gasteiger partial charge in [0.2, 0.25) is 0 Å². The molecule has 1 amide bonds. The van der Waals surface area contributed by atoms with Crippen molar-refractivity contribution in [1.29, 1.82) is 0 Å². The summed E-state index contributed by atoms with van der Waals surface area (Å²) >= 11 is 0. The number of rotatable bonds is 5. The van der Waals surface area contributed by atoms with Crippen molar-refractivity contribution in [3.8, 4) is 5.69 Å². The average molecular weight is 313 g/mol. The first-order chi connectivity index (χ1) is 10.8. The Bertz CT molecular complexity index is 699. The summed E-state index contributed by atoms with van der Waals surface area (Å²) in [6, 6.07) is 8.20. The molecule has 1 heterocycles. The minimum Gasteiger partial charge on any atom is -0.352 e. The first-order valence-corrected chi connectivity index (χ1v) is 8.26. The molecule has 4 heteroatoms. The highest BCUT2D eigenvalue weighted by molar-refractivity contribution is 5.96. The second-order valence-corrected chi connectivity index (χ2v) is 6.86. The lowest BCUT2D eigenvalue weighted by atomic mass is 10.0. The molecule has 0 aliphatic carbocycles. The van der Waals surface area contributed by atoms with E-state index in [4.69, 9.17) is 0 Å². The zero-order chi connectivity index (χ0) is 17.1. The van der Waals surface area contributed by atoms with Crippen molar-refractivity contribution >= 4 is 5.91 Å². The molecule has 1 aromatic carbocycles. The van der Waals surface area contributed by atoms with Crippen LogP contribution in [-0.2, 0) is 0 Å². The number of nitrogens with one attached hydrogen (secondary N) is 1. The monoisotopic (exact) mass is 313 g/mol. The summed E-state index contributed by atoms with van der Waals surface area (Å²) in [6.07, 6.45) is 0. The van der Waals surface area contributed by atoms with Gasteiger partial charge in [0.15, 0.2) is 0 Å². The van der Waals surface area contributed by atoms with Gasteiger partial charge in [0.1, 0.15) is 0 Å². The molecule has 0 unspecified atom stereocenters. The Hall–Kier alpha value is -2.10. The highest BCUT2D eigenvalue weighted by Gasteiger charge is 2.24. The summed E-state index contributed by atoms with van der Waals surface area (Å²) in [5, 5.41) is 7.67. The van der Waals surface area contributed by atoms with Gasteiger partial charge in [0, 0.05) is 6.54 Å². The molecule has 0 saturated carbocycles.